The van der Waals surface area contributed by atoms with Crippen LogP contribution in [-0.4, -0.2) is 58.9 Å². The molecule has 1 aromatic rings. The van der Waals surface area contributed by atoms with Crippen LogP contribution in [0.5, 0.6) is 5.75 Å². The van der Waals surface area contributed by atoms with Crippen molar-refractivity contribution in [1.29, 1.82) is 0 Å². The highest BCUT2D eigenvalue weighted by Crippen LogP contribution is 2.22. The molecule has 0 spiro atoms. The molecule has 0 saturated heterocycles. The van der Waals surface area contributed by atoms with Gasteiger partial charge in [0.05, 0.1) is 13.2 Å². The van der Waals surface area contributed by atoms with Crippen molar-refractivity contribution in [2.24, 2.45) is 4.99 Å². The second-order valence-electron chi connectivity index (χ2n) is 5.59. The Balaban J connectivity index is 0.00000729. The Morgan fingerprint density at radius 1 is 1.07 bits per heavy atom. The fraction of sp³-hybridized carbons (Fsp3) is 0.611. The SMILES string of the molecule is CCNC(=NCCCOCCOC)NCCc1ccc(OC(F)(F)F)cc1.I. The Kier molecular flexibility index (Phi) is 14.9. The van der Waals surface area contributed by atoms with Gasteiger partial charge in [0.15, 0.2) is 5.96 Å². The van der Waals surface area contributed by atoms with E-state index in [1.54, 1.807) is 19.2 Å². The van der Waals surface area contributed by atoms with Crippen LogP contribution in [0.15, 0.2) is 29.3 Å². The van der Waals surface area contributed by atoms with Gasteiger partial charge >= 0.3 is 6.36 Å². The third-order valence-electron chi connectivity index (χ3n) is 3.36. The number of nitrogens with zero attached hydrogens (tertiary/aromatic N) is 1. The molecule has 28 heavy (non-hydrogen) atoms. The summed E-state index contributed by atoms with van der Waals surface area (Å²) >= 11 is 0. The summed E-state index contributed by atoms with van der Waals surface area (Å²) in [6, 6.07) is 5.85. The van der Waals surface area contributed by atoms with Crippen LogP contribution in [-0.2, 0) is 15.9 Å². The van der Waals surface area contributed by atoms with Gasteiger partial charge in [0.25, 0.3) is 0 Å². The molecule has 0 aliphatic heterocycles. The maximum atomic E-state index is 12.1. The Bertz CT molecular complexity index is 543. The lowest BCUT2D eigenvalue weighted by atomic mass is 10.1. The predicted octanol–water partition coefficient (Wildman–Crippen LogP) is 3.35. The van der Waals surface area contributed by atoms with Gasteiger partial charge in [-0.05, 0) is 37.5 Å². The number of methoxy groups -OCH3 is 1. The number of halogens is 4. The first-order valence-electron chi connectivity index (χ1n) is 8.88. The fourth-order valence-electron chi connectivity index (χ4n) is 2.13. The molecule has 0 fully saturated rings. The largest absolute Gasteiger partial charge is 0.573 e. The van der Waals surface area contributed by atoms with E-state index in [0.717, 1.165) is 18.5 Å². The number of ether oxygens (including phenoxy) is 3. The molecule has 0 heterocycles. The number of nitrogens with one attached hydrogen (secondary N) is 2. The maximum absolute atomic E-state index is 12.1. The molecule has 2 N–H and O–H groups in total. The van der Waals surface area contributed by atoms with Crippen LogP contribution in [0.4, 0.5) is 13.2 Å². The maximum Gasteiger partial charge on any atom is 0.573 e. The van der Waals surface area contributed by atoms with Gasteiger partial charge in [-0.1, -0.05) is 12.1 Å². The molecule has 0 bridgehead atoms. The quantitative estimate of drug-likeness (QED) is 0.192. The summed E-state index contributed by atoms with van der Waals surface area (Å²) in [5.74, 6) is 0.480. The summed E-state index contributed by atoms with van der Waals surface area (Å²) in [7, 11) is 1.63. The summed E-state index contributed by atoms with van der Waals surface area (Å²) in [5, 5.41) is 6.35. The van der Waals surface area contributed by atoms with Crippen LogP contribution in [0.1, 0.15) is 18.9 Å². The van der Waals surface area contributed by atoms with Crippen molar-refractivity contribution >= 4 is 29.9 Å². The van der Waals surface area contributed by atoms with Crippen LogP contribution in [0.3, 0.4) is 0 Å². The minimum atomic E-state index is -4.67. The van der Waals surface area contributed by atoms with Gasteiger partial charge in [0, 0.05) is 33.4 Å². The van der Waals surface area contributed by atoms with E-state index in [-0.39, 0.29) is 29.7 Å². The molecule has 10 heteroatoms. The summed E-state index contributed by atoms with van der Waals surface area (Å²) < 4.78 is 50.6. The molecule has 0 saturated carbocycles. The van der Waals surface area contributed by atoms with Gasteiger partial charge in [-0.15, -0.1) is 37.1 Å². The third kappa shape index (κ3) is 13.8. The second-order valence-corrected chi connectivity index (χ2v) is 5.59. The van der Waals surface area contributed by atoms with Crippen molar-refractivity contribution in [3.8, 4) is 5.75 Å². The highest BCUT2D eigenvalue weighted by Gasteiger charge is 2.30. The number of hydrogen-bond acceptors (Lipinski definition) is 4. The van der Waals surface area contributed by atoms with Gasteiger partial charge < -0.3 is 24.8 Å². The smallest absolute Gasteiger partial charge is 0.406 e. The Morgan fingerprint density at radius 3 is 2.39 bits per heavy atom. The van der Waals surface area contributed by atoms with E-state index in [1.165, 1.54) is 12.1 Å². The van der Waals surface area contributed by atoms with E-state index in [1.807, 2.05) is 6.92 Å². The normalized spacial score (nSPS) is 11.7. The van der Waals surface area contributed by atoms with Crippen molar-refractivity contribution in [3.05, 3.63) is 29.8 Å². The van der Waals surface area contributed by atoms with E-state index in [2.05, 4.69) is 20.4 Å². The standard InChI is InChI=1S/C18H28F3N3O3.HI/c1-3-22-17(23-10-4-12-26-14-13-25-2)24-11-9-15-5-7-16(8-6-15)27-18(19,20)21;/h5-8H,3-4,9-14H2,1-2H3,(H2,22,23,24);1H. The van der Waals surface area contributed by atoms with Crippen LogP contribution in [0, 0.1) is 0 Å². The predicted molar refractivity (Wildman–Crippen MR) is 114 cm³/mol. The molecule has 1 aromatic carbocycles. The van der Waals surface area contributed by atoms with Crippen molar-refractivity contribution in [2.75, 3.05) is 46.6 Å². The highest BCUT2D eigenvalue weighted by molar-refractivity contribution is 14.0. The molecule has 0 radical (unpaired) electrons. The van der Waals surface area contributed by atoms with Gasteiger partial charge in [-0.3, -0.25) is 4.99 Å². The zero-order valence-corrected chi connectivity index (χ0v) is 18.5. The summed E-state index contributed by atoms with van der Waals surface area (Å²) in [5.41, 5.74) is 0.902. The number of guanidine groups is 1. The topological polar surface area (TPSA) is 64.1 Å². The first-order valence-corrected chi connectivity index (χ1v) is 8.88. The number of alkyl halides is 3. The van der Waals surface area contributed by atoms with E-state index in [0.29, 0.717) is 45.3 Å². The first kappa shape index (κ1) is 26.7. The summed E-state index contributed by atoms with van der Waals surface area (Å²) in [6.07, 6.45) is -3.22. The zero-order chi connectivity index (χ0) is 20.0. The van der Waals surface area contributed by atoms with E-state index in [9.17, 15) is 13.2 Å². The lowest BCUT2D eigenvalue weighted by Crippen LogP contribution is -2.38. The Hall–Kier alpha value is -1.27. The molecule has 6 nitrogen and oxygen atoms in total. The molecule has 0 amide bonds. The van der Waals surface area contributed by atoms with Gasteiger partial charge in [0.1, 0.15) is 5.75 Å². The minimum Gasteiger partial charge on any atom is -0.406 e. The monoisotopic (exact) mass is 519 g/mol. The molecule has 0 aliphatic carbocycles. The van der Waals surface area contributed by atoms with Crippen molar-refractivity contribution in [3.63, 3.8) is 0 Å². The number of rotatable bonds is 12. The summed E-state index contributed by atoms with van der Waals surface area (Å²) in [6.45, 7) is 5.73. The number of aliphatic imine (C=N–C) groups is 1. The lowest BCUT2D eigenvalue weighted by molar-refractivity contribution is -0.274. The van der Waals surface area contributed by atoms with Crippen molar-refractivity contribution in [1.82, 2.24) is 10.6 Å². The van der Waals surface area contributed by atoms with Crippen LogP contribution < -0.4 is 15.4 Å². The zero-order valence-electron chi connectivity index (χ0n) is 16.2. The molecular weight excluding hydrogens is 490 g/mol. The second kappa shape index (κ2) is 15.6. The van der Waals surface area contributed by atoms with E-state index < -0.39 is 6.36 Å². The molecule has 1 rings (SSSR count). The number of benzene rings is 1. The molecule has 0 aliphatic rings. The van der Waals surface area contributed by atoms with Crippen molar-refractivity contribution < 1.29 is 27.4 Å². The fourth-order valence-corrected chi connectivity index (χ4v) is 2.13. The van der Waals surface area contributed by atoms with Crippen LogP contribution in [0.25, 0.3) is 0 Å². The molecule has 0 unspecified atom stereocenters. The van der Waals surface area contributed by atoms with Crippen LogP contribution >= 0.6 is 24.0 Å². The minimum absolute atomic E-state index is 0. The third-order valence-corrected chi connectivity index (χ3v) is 3.36. The molecule has 0 atom stereocenters. The van der Waals surface area contributed by atoms with E-state index in [4.69, 9.17) is 9.47 Å². The first-order chi connectivity index (χ1) is 12.9. The summed E-state index contributed by atoms with van der Waals surface area (Å²) in [4.78, 5) is 4.46. The Labute approximate surface area is 181 Å². The van der Waals surface area contributed by atoms with Gasteiger partial charge in [-0.25, -0.2) is 0 Å². The van der Waals surface area contributed by atoms with Crippen molar-refractivity contribution in [2.45, 2.75) is 26.1 Å². The highest BCUT2D eigenvalue weighted by atomic mass is 127. The van der Waals surface area contributed by atoms with Gasteiger partial charge in [-0.2, -0.15) is 0 Å². The average molecular weight is 519 g/mol. The molecule has 0 aromatic heterocycles. The number of hydrogen-bond donors (Lipinski definition) is 2. The average Bonchev–Trinajstić information content (AvgIpc) is 2.61. The lowest BCUT2D eigenvalue weighted by Gasteiger charge is -2.12. The Morgan fingerprint density at radius 2 is 1.79 bits per heavy atom. The molecule has 162 valence electrons. The van der Waals surface area contributed by atoms with E-state index >= 15 is 0 Å². The van der Waals surface area contributed by atoms with Crippen LogP contribution in [0.2, 0.25) is 0 Å². The van der Waals surface area contributed by atoms with Gasteiger partial charge in [0.2, 0.25) is 0 Å². The molecular formula is C18H29F3IN3O3.